The molecule has 0 bridgehead atoms. The van der Waals surface area contributed by atoms with Gasteiger partial charge in [0.2, 0.25) is 0 Å². The molecule has 0 unspecified atom stereocenters. The molecule has 0 N–H and O–H groups in total. The maximum Gasteiger partial charge on any atom is 0.157 e. The van der Waals surface area contributed by atoms with Crippen LogP contribution < -0.4 is 4.74 Å². The lowest BCUT2D eigenvalue weighted by atomic mass is 10.2. The normalized spacial score (nSPS) is 10.2. The van der Waals surface area contributed by atoms with E-state index in [1.165, 1.54) is 0 Å². The molecule has 66 valence electrons. The molecule has 0 radical (unpaired) electrons. The van der Waals surface area contributed by atoms with E-state index in [2.05, 4.69) is 0 Å². The van der Waals surface area contributed by atoms with Crippen LogP contribution in [0.25, 0.3) is 11.0 Å². The van der Waals surface area contributed by atoms with Gasteiger partial charge in [0.05, 0.1) is 11.6 Å². The van der Waals surface area contributed by atoms with E-state index in [1.54, 1.807) is 12.3 Å². The fourth-order valence-electron chi connectivity index (χ4n) is 1.22. The van der Waals surface area contributed by atoms with Crippen LogP contribution in [-0.2, 0) is 4.79 Å². The molecule has 3 nitrogen and oxygen atoms in total. The minimum Gasteiger partial charge on any atom is -0.485 e. The summed E-state index contributed by atoms with van der Waals surface area (Å²) in [5.41, 5.74) is 0.767. The van der Waals surface area contributed by atoms with Crippen LogP contribution in [0.15, 0.2) is 34.9 Å². The summed E-state index contributed by atoms with van der Waals surface area (Å²) < 4.78 is 10.4. The Hall–Kier alpha value is -1.77. The van der Waals surface area contributed by atoms with Crippen molar-refractivity contribution in [2.75, 3.05) is 6.61 Å². The van der Waals surface area contributed by atoms with Gasteiger partial charge in [0.25, 0.3) is 0 Å². The molecular weight excluding hydrogens is 168 g/mol. The van der Waals surface area contributed by atoms with Gasteiger partial charge in [-0.2, -0.15) is 0 Å². The SMILES string of the molecule is O=CCOc1cccc2occc12. The standard InChI is InChI=1S/C10H8O3/c11-5-7-13-10-3-1-2-9-8(10)4-6-12-9/h1-6H,7H2. The van der Waals surface area contributed by atoms with E-state index in [4.69, 9.17) is 9.15 Å². The zero-order valence-corrected chi connectivity index (χ0v) is 6.90. The van der Waals surface area contributed by atoms with E-state index in [0.29, 0.717) is 5.75 Å². The number of carbonyl (C=O) groups is 1. The number of rotatable bonds is 3. The van der Waals surface area contributed by atoms with Gasteiger partial charge in [-0.05, 0) is 18.2 Å². The van der Waals surface area contributed by atoms with E-state index < -0.39 is 0 Å². The molecule has 3 heteroatoms. The van der Waals surface area contributed by atoms with Crippen LogP contribution in [0.4, 0.5) is 0 Å². The number of ether oxygens (including phenoxy) is 1. The Morgan fingerprint density at radius 1 is 1.38 bits per heavy atom. The van der Waals surface area contributed by atoms with Gasteiger partial charge in [0, 0.05) is 0 Å². The average Bonchev–Trinajstić information content (AvgIpc) is 2.62. The topological polar surface area (TPSA) is 39.4 Å². The molecule has 0 fully saturated rings. The third-order valence-corrected chi connectivity index (χ3v) is 1.76. The number of furan rings is 1. The van der Waals surface area contributed by atoms with Gasteiger partial charge in [-0.1, -0.05) is 6.07 Å². The Kier molecular flexibility index (Phi) is 2.00. The van der Waals surface area contributed by atoms with Gasteiger partial charge in [0.1, 0.15) is 17.9 Å². The summed E-state index contributed by atoms with van der Waals surface area (Å²) in [5, 5.41) is 0.893. The molecule has 1 aromatic carbocycles. The highest BCUT2D eigenvalue weighted by molar-refractivity contribution is 5.83. The summed E-state index contributed by atoms with van der Waals surface area (Å²) in [4.78, 5) is 10.1. The molecule has 0 spiro atoms. The molecule has 13 heavy (non-hydrogen) atoms. The van der Waals surface area contributed by atoms with Crippen molar-refractivity contribution in [2.24, 2.45) is 0 Å². The average molecular weight is 176 g/mol. The quantitative estimate of drug-likeness (QED) is 0.671. The second-order valence-electron chi connectivity index (χ2n) is 2.57. The molecule has 0 aliphatic carbocycles. The van der Waals surface area contributed by atoms with Gasteiger partial charge in [-0.3, -0.25) is 4.79 Å². The van der Waals surface area contributed by atoms with Gasteiger partial charge in [-0.25, -0.2) is 0 Å². The van der Waals surface area contributed by atoms with Crippen LogP contribution in [0.2, 0.25) is 0 Å². The predicted molar refractivity (Wildman–Crippen MR) is 47.8 cm³/mol. The van der Waals surface area contributed by atoms with E-state index >= 15 is 0 Å². The van der Waals surface area contributed by atoms with Gasteiger partial charge < -0.3 is 9.15 Å². The first-order chi connectivity index (χ1) is 6.42. The van der Waals surface area contributed by atoms with E-state index in [9.17, 15) is 4.79 Å². The number of fused-ring (bicyclic) bond motifs is 1. The summed E-state index contributed by atoms with van der Waals surface area (Å²) in [7, 11) is 0. The number of aldehydes is 1. The van der Waals surface area contributed by atoms with Gasteiger partial charge >= 0.3 is 0 Å². The molecule has 2 rings (SSSR count). The van der Waals surface area contributed by atoms with Crippen LogP contribution in [0, 0.1) is 0 Å². The van der Waals surface area contributed by atoms with Gasteiger partial charge in [0.15, 0.2) is 6.29 Å². The van der Waals surface area contributed by atoms with Gasteiger partial charge in [-0.15, -0.1) is 0 Å². The van der Waals surface area contributed by atoms with E-state index in [1.807, 2.05) is 18.2 Å². The molecule has 0 aliphatic heterocycles. The highest BCUT2D eigenvalue weighted by atomic mass is 16.5. The number of hydrogen-bond acceptors (Lipinski definition) is 3. The van der Waals surface area contributed by atoms with Crippen molar-refractivity contribution in [3.05, 3.63) is 30.5 Å². The van der Waals surface area contributed by atoms with Crippen molar-refractivity contribution < 1.29 is 13.9 Å². The number of hydrogen-bond donors (Lipinski definition) is 0. The third-order valence-electron chi connectivity index (χ3n) is 1.76. The van der Waals surface area contributed by atoms with Crippen LogP contribution in [0.1, 0.15) is 0 Å². The monoisotopic (exact) mass is 176 g/mol. The Morgan fingerprint density at radius 3 is 3.15 bits per heavy atom. The lowest BCUT2D eigenvalue weighted by Gasteiger charge is -2.01. The second kappa shape index (κ2) is 3.31. The highest BCUT2D eigenvalue weighted by Crippen LogP contribution is 2.25. The summed E-state index contributed by atoms with van der Waals surface area (Å²) in [5.74, 6) is 0.679. The summed E-state index contributed by atoms with van der Waals surface area (Å²) in [6.45, 7) is 0.0737. The first-order valence-electron chi connectivity index (χ1n) is 3.94. The van der Waals surface area contributed by atoms with Crippen LogP contribution in [-0.4, -0.2) is 12.9 Å². The maximum atomic E-state index is 10.1. The zero-order chi connectivity index (χ0) is 9.10. The van der Waals surface area contributed by atoms with Crippen molar-refractivity contribution in [2.45, 2.75) is 0 Å². The van der Waals surface area contributed by atoms with Crippen molar-refractivity contribution in [3.8, 4) is 5.75 Å². The molecular formula is C10H8O3. The maximum absolute atomic E-state index is 10.1. The minimum atomic E-state index is 0.0737. The fourth-order valence-corrected chi connectivity index (χ4v) is 1.22. The van der Waals surface area contributed by atoms with Crippen molar-refractivity contribution in [3.63, 3.8) is 0 Å². The van der Waals surface area contributed by atoms with Crippen LogP contribution in [0.3, 0.4) is 0 Å². The lowest BCUT2D eigenvalue weighted by Crippen LogP contribution is -1.97. The highest BCUT2D eigenvalue weighted by Gasteiger charge is 2.02. The summed E-state index contributed by atoms with van der Waals surface area (Å²) in [6, 6.07) is 7.30. The Labute approximate surface area is 74.9 Å². The zero-order valence-electron chi connectivity index (χ0n) is 6.90. The Balaban J connectivity index is 2.42. The molecule has 0 atom stereocenters. The molecule has 0 amide bonds. The van der Waals surface area contributed by atoms with Crippen LogP contribution in [0.5, 0.6) is 5.75 Å². The molecule has 0 aliphatic rings. The Morgan fingerprint density at radius 2 is 2.31 bits per heavy atom. The first kappa shape index (κ1) is 7.86. The predicted octanol–water partition coefficient (Wildman–Crippen LogP) is 2.01. The molecule has 0 saturated heterocycles. The summed E-state index contributed by atoms with van der Waals surface area (Å²) in [6.07, 6.45) is 2.32. The number of carbonyl (C=O) groups excluding carboxylic acids is 1. The Bertz CT molecular complexity index is 417. The minimum absolute atomic E-state index is 0.0737. The van der Waals surface area contributed by atoms with Crippen molar-refractivity contribution >= 4 is 17.3 Å². The molecule has 1 aromatic heterocycles. The van der Waals surface area contributed by atoms with E-state index in [0.717, 1.165) is 17.3 Å². The van der Waals surface area contributed by atoms with E-state index in [-0.39, 0.29) is 6.61 Å². The first-order valence-corrected chi connectivity index (χ1v) is 3.94. The van der Waals surface area contributed by atoms with Crippen molar-refractivity contribution in [1.29, 1.82) is 0 Å². The third kappa shape index (κ3) is 1.40. The molecule has 2 aromatic rings. The summed E-state index contributed by atoms with van der Waals surface area (Å²) >= 11 is 0. The second-order valence-corrected chi connectivity index (χ2v) is 2.57. The fraction of sp³-hybridized carbons (Fsp3) is 0.100. The largest absolute Gasteiger partial charge is 0.485 e. The lowest BCUT2D eigenvalue weighted by molar-refractivity contribution is -0.109. The smallest absolute Gasteiger partial charge is 0.157 e. The number of benzene rings is 1. The molecule has 1 heterocycles. The van der Waals surface area contributed by atoms with Crippen LogP contribution >= 0.6 is 0 Å². The van der Waals surface area contributed by atoms with Crippen molar-refractivity contribution in [1.82, 2.24) is 0 Å². The molecule has 0 saturated carbocycles.